The summed E-state index contributed by atoms with van der Waals surface area (Å²) in [4.78, 5) is 0. The minimum Gasteiger partial charge on any atom is -0.507 e. The molecule has 80 valence electrons. The van der Waals surface area contributed by atoms with E-state index in [9.17, 15) is 5.11 Å². The van der Waals surface area contributed by atoms with Crippen molar-refractivity contribution in [3.63, 3.8) is 0 Å². The summed E-state index contributed by atoms with van der Waals surface area (Å²) in [6.07, 6.45) is 0. The lowest BCUT2D eigenvalue weighted by Crippen LogP contribution is -2.22. The highest BCUT2D eigenvalue weighted by Crippen LogP contribution is 2.27. The van der Waals surface area contributed by atoms with Crippen LogP contribution in [0, 0.1) is 6.92 Å². The van der Waals surface area contributed by atoms with Gasteiger partial charge in [0.05, 0.1) is 23.1 Å². The molecular weight excluding hydrogens is 190 g/mol. The standard InChI is InChI=1S/C11H15N3O/c1-7(12)6-14-9-4-3-5-10(15)11(9)8(2)13-14/h3-5,7,15H,6,12H2,1-2H3. The summed E-state index contributed by atoms with van der Waals surface area (Å²) >= 11 is 0. The van der Waals surface area contributed by atoms with Crippen molar-refractivity contribution in [2.24, 2.45) is 5.73 Å². The van der Waals surface area contributed by atoms with E-state index in [1.807, 2.05) is 30.7 Å². The van der Waals surface area contributed by atoms with Gasteiger partial charge < -0.3 is 10.8 Å². The number of hydrogen-bond donors (Lipinski definition) is 2. The summed E-state index contributed by atoms with van der Waals surface area (Å²) in [6, 6.07) is 5.48. The van der Waals surface area contributed by atoms with Gasteiger partial charge in [-0.2, -0.15) is 5.10 Å². The fourth-order valence-electron chi connectivity index (χ4n) is 1.81. The third kappa shape index (κ3) is 1.68. The molecule has 0 fully saturated rings. The highest BCUT2D eigenvalue weighted by Gasteiger charge is 2.11. The SMILES string of the molecule is Cc1nn(CC(C)N)c2cccc(O)c12. The second-order valence-electron chi connectivity index (χ2n) is 3.92. The molecule has 1 heterocycles. The molecule has 0 saturated carbocycles. The molecule has 3 N–H and O–H groups in total. The number of phenols is 1. The molecule has 0 aliphatic heterocycles. The van der Waals surface area contributed by atoms with Gasteiger partial charge in [-0.05, 0) is 26.0 Å². The van der Waals surface area contributed by atoms with Crippen LogP contribution in [0.5, 0.6) is 5.75 Å². The van der Waals surface area contributed by atoms with E-state index in [-0.39, 0.29) is 11.8 Å². The minimum atomic E-state index is 0.0508. The molecule has 15 heavy (non-hydrogen) atoms. The fraction of sp³-hybridized carbons (Fsp3) is 0.364. The summed E-state index contributed by atoms with van der Waals surface area (Å²) in [5.41, 5.74) is 7.51. The number of hydrogen-bond acceptors (Lipinski definition) is 3. The molecule has 4 nitrogen and oxygen atoms in total. The molecule has 4 heteroatoms. The number of rotatable bonds is 2. The van der Waals surface area contributed by atoms with E-state index in [0.29, 0.717) is 6.54 Å². The van der Waals surface area contributed by atoms with Gasteiger partial charge >= 0.3 is 0 Å². The van der Waals surface area contributed by atoms with E-state index in [4.69, 9.17) is 5.73 Å². The molecule has 1 unspecified atom stereocenters. The zero-order valence-corrected chi connectivity index (χ0v) is 8.94. The van der Waals surface area contributed by atoms with Crippen molar-refractivity contribution < 1.29 is 5.11 Å². The van der Waals surface area contributed by atoms with Crippen molar-refractivity contribution in [2.45, 2.75) is 26.4 Å². The molecule has 0 aliphatic carbocycles. The second kappa shape index (κ2) is 3.55. The smallest absolute Gasteiger partial charge is 0.126 e. The lowest BCUT2D eigenvalue weighted by atomic mass is 10.2. The Hall–Kier alpha value is -1.55. The Morgan fingerprint density at radius 3 is 2.93 bits per heavy atom. The number of aromatic nitrogens is 2. The van der Waals surface area contributed by atoms with Crippen LogP contribution in [-0.2, 0) is 6.54 Å². The minimum absolute atomic E-state index is 0.0508. The topological polar surface area (TPSA) is 64.1 Å². The predicted molar refractivity (Wildman–Crippen MR) is 59.8 cm³/mol. The van der Waals surface area contributed by atoms with Gasteiger partial charge in [-0.15, -0.1) is 0 Å². The average Bonchev–Trinajstić information content (AvgIpc) is 2.44. The van der Waals surface area contributed by atoms with E-state index < -0.39 is 0 Å². The second-order valence-corrected chi connectivity index (χ2v) is 3.92. The molecule has 1 atom stereocenters. The van der Waals surface area contributed by atoms with E-state index in [1.54, 1.807) is 6.07 Å². The number of phenolic OH excluding ortho intramolecular Hbond substituents is 1. The van der Waals surface area contributed by atoms with Gasteiger partial charge in [-0.1, -0.05) is 6.07 Å². The number of benzene rings is 1. The van der Waals surface area contributed by atoms with Crippen LogP contribution in [0.4, 0.5) is 0 Å². The Bertz CT molecular complexity index is 488. The zero-order chi connectivity index (χ0) is 11.0. The van der Waals surface area contributed by atoms with Crippen LogP contribution in [0.25, 0.3) is 10.9 Å². The van der Waals surface area contributed by atoms with Crippen LogP contribution < -0.4 is 5.73 Å². The Labute approximate surface area is 88.3 Å². The molecule has 2 aromatic rings. The molecular formula is C11H15N3O. The molecule has 2 rings (SSSR count). The highest BCUT2D eigenvalue weighted by molar-refractivity contribution is 5.87. The quantitative estimate of drug-likeness (QED) is 0.778. The Morgan fingerprint density at radius 1 is 1.53 bits per heavy atom. The maximum absolute atomic E-state index is 9.71. The molecule has 0 spiro atoms. The van der Waals surface area contributed by atoms with Crippen molar-refractivity contribution in [1.82, 2.24) is 9.78 Å². The van der Waals surface area contributed by atoms with E-state index in [1.165, 1.54) is 0 Å². The van der Waals surface area contributed by atoms with Crippen LogP contribution in [0.1, 0.15) is 12.6 Å². The zero-order valence-electron chi connectivity index (χ0n) is 8.94. The lowest BCUT2D eigenvalue weighted by Gasteiger charge is -2.06. The van der Waals surface area contributed by atoms with Crippen LogP contribution in [0.3, 0.4) is 0 Å². The van der Waals surface area contributed by atoms with Crippen molar-refractivity contribution in [3.05, 3.63) is 23.9 Å². The molecule has 0 amide bonds. The van der Waals surface area contributed by atoms with Crippen LogP contribution in [-0.4, -0.2) is 20.9 Å². The van der Waals surface area contributed by atoms with E-state index in [2.05, 4.69) is 5.10 Å². The Morgan fingerprint density at radius 2 is 2.27 bits per heavy atom. The van der Waals surface area contributed by atoms with Crippen molar-refractivity contribution in [3.8, 4) is 5.75 Å². The van der Waals surface area contributed by atoms with Gasteiger partial charge in [-0.25, -0.2) is 0 Å². The van der Waals surface area contributed by atoms with Crippen molar-refractivity contribution >= 4 is 10.9 Å². The third-order valence-corrected chi connectivity index (χ3v) is 2.39. The van der Waals surface area contributed by atoms with Gasteiger partial charge in [0.25, 0.3) is 0 Å². The summed E-state index contributed by atoms with van der Waals surface area (Å²) < 4.78 is 1.84. The molecule has 0 saturated heterocycles. The summed E-state index contributed by atoms with van der Waals surface area (Å²) in [5, 5.41) is 14.9. The summed E-state index contributed by atoms with van der Waals surface area (Å²) in [7, 11) is 0. The van der Waals surface area contributed by atoms with Gasteiger partial charge in [-0.3, -0.25) is 4.68 Å². The first-order valence-corrected chi connectivity index (χ1v) is 5.00. The molecule has 0 aliphatic rings. The highest BCUT2D eigenvalue weighted by atomic mass is 16.3. The first kappa shape index (κ1) is 9.98. The monoisotopic (exact) mass is 205 g/mol. The van der Waals surface area contributed by atoms with Gasteiger partial charge in [0, 0.05) is 6.04 Å². The van der Waals surface area contributed by atoms with Gasteiger partial charge in [0.15, 0.2) is 0 Å². The fourth-order valence-corrected chi connectivity index (χ4v) is 1.81. The lowest BCUT2D eigenvalue weighted by molar-refractivity contribution is 0.481. The van der Waals surface area contributed by atoms with Crippen LogP contribution >= 0.6 is 0 Å². The van der Waals surface area contributed by atoms with E-state index in [0.717, 1.165) is 16.6 Å². The number of aryl methyl sites for hydroxylation is 1. The normalized spacial score (nSPS) is 13.3. The third-order valence-electron chi connectivity index (χ3n) is 2.39. The number of nitrogens with two attached hydrogens (primary N) is 1. The maximum Gasteiger partial charge on any atom is 0.126 e. The molecule has 0 radical (unpaired) electrons. The molecule has 0 bridgehead atoms. The molecule has 1 aromatic carbocycles. The van der Waals surface area contributed by atoms with Crippen molar-refractivity contribution in [1.29, 1.82) is 0 Å². The number of fused-ring (bicyclic) bond motifs is 1. The largest absolute Gasteiger partial charge is 0.507 e. The average molecular weight is 205 g/mol. The predicted octanol–water partition coefficient (Wildman–Crippen LogP) is 1.40. The van der Waals surface area contributed by atoms with Gasteiger partial charge in [0.1, 0.15) is 5.75 Å². The number of aromatic hydroxyl groups is 1. The summed E-state index contributed by atoms with van der Waals surface area (Å²) in [6.45, 7) is 4.49. The maximum atomic E-state index is 9.71. The molecule has 1 aromatic heterocycles. The first-order valence-electron chi connectivity index (χ1n) is 5.00. The Kier molecular flexibility index (Phi) is 2.36. The van der Waals surface area contributed by atoms with Crippen LogP contribution in [0.2, 0.25) is 0 Å². The van der Waals surface area contributed by atoms with Crippen LogP contribution in [0.15, 0.2) is 18.2 Å². The number of nitrogens with zero attached hydrogens (tertiary/aromatic N) is 2. The first-order chi connectivity index (χ1) is 7.09. The Balaban J connectivity index is 2.63. The summed E-state index contributed by atoms with van der Waals surface area (Å²) in [5.74, 6) is 0.279. The van der Waals surface area contributed by atoms with Crippen molar-refractivity contribution in [2.75, 3.05) is 0 Å². The van der Waals surface area contributed by atoms with E-state index >= 15 is 0 Å². The van der Waals surface area contributed by atoms with Gasteiger partial charge in [0.2, 0.25) is 0 Å².